The van der Waals surface area contributed by atoms with Gasteiger partial charge in [0.25, 0.3) is 0 Å². The molecule has 0 aromatic heterocycles. The fourth-order valence-electron chi connectivity index (χ4n) is 1.98. The molecule has 4 nitrogen and oxygen atoms in total. The number of aliphatic hydroxyl groups excluding tert-OH is 1. The van der Waals surface area contributed by atoms with Crippen LogP contribution < -0.4 is 5.32 Å². The maximum Gasteiger partial charge on any atom is 0.236 e. The Bertz CT molecular complexity index is 213. The lowest BCUT2D eigenvalue weighted by Crippen LogP contribution is -2.46. The topological polar surface area (TPSA) is 52.6 Å². The van der Waals surface area contributed by atoms with Crippen molar-refractivity contribution in [3.05, 3.63) is 0 Å². The third kappa shape index (κ3) is 4.10. The maximum atomic E-state index is 11.8. The molecule has 1 rings (SSSR count). The highest BCUT2D eigenvalue weighted by Crippen LogP contribution is 2.08. The van der Waals surface area contributed by atoms with E-state index in [1.807, 2.05) is 18.7 Å². The average molecular weight is 228 g/mol. The number of likely N-dealkylation sites (tertiary alicyclic amines) is 1. The summed E-state index contributed by atoms with van der Waals surface area (Å²) in [5.41, 5.74) is 0. The van der Waals surface area contributed by atoms with Gasteiger partial charge in [0, 0.05) is 19.1 Å². The minimum Gasteiger partial charge on any atom is -0.395 e. The Labute approximate surface area is 98.0 Å². The van der Waals surface area contributed by atoms with Gasteiger partial charge in [-0.2, -0.15) is 0 Å². The van der Waals surface area contributed by atoms with Crippen LogP contribution in [-0.2, 0) is 4.79 Å². The van der Waals surface area contributed by atoms with Crippen molar-refractivity contribution in [3.63, 3.8) is 0 Å². The highest BCUT2D eigenvalue weighted by Gasteiger charge is 2.18. The second-order valence-corrected chi connectivity index (χ2v) is 4.86. The molecule has 0 radical (unpaired) electrons. The van der Waals surface area contributed by atoms with E-state index < -0.39 is 0 Å². The summed E-state index contributed by atoms with van der Waals surface area (Å²) in [5, 5.41) is 12.3. The number of piperidine rings is 1. The summed E-state index contributed by atoms with van der Waals surface area (Å²) in [6, 6.07) is 0.0220. The lowest BCUT2D eigenvalue weighted by molar-refractivity contribution is -0.131. The van der Waals surface area contributed by atoms with Crippen LogP contribution in [0.4, 0.5) is 0 Å². The largest absolute Gasteiger partial charge is 0.395 e. The van der Waals surface area contributed by atoms with Crippen molar-refractivity contribution >= 4 is 5.91 Å². The van der Waals surface area contributed by atoms with E-state index in [0.717, 1.165) is 25.9 Å². The first kappa shape index (κ1) is 13.5. The molecule has 0 aromatic carbocycles. The van der Waals surface area contributed by atoms with Crippen LogP contribution in [0.25, 0.3) is 0 Å². The van der Waals surface area contributed by atoms with E-state index in [4.69, 9.17) is 5.11 Å². The number of nitrogens with zero attached hydrogens (tertiary/aromatic N) is 1. The Hall–Kier alpha value is -0.610. The Morgan fingerprint density at radius 2 is 1.94 bits per heavy atom. The van der Waals surface area contributed by atoms with Crippen molar-refractivity contribution in [1.82, 2.24) is 10.2 Å². The lowest BCUT2D eigenvalue weighted by atomic mass is 10.1. The van der Waals surface area contributed by atoms with Crippen LogP contribution in [-0.4, -0.2) is 48.2 Å². The smallest absolute Gasteiger partial charge is 0.236 e. The molecule has 1 fully saturated rings. The van der Waals surface area contributed by atoms with E-state index in [1.54, 1.807) is 0 Å². The van der Waals surface area contributed by atoms with Crippen molar-refractivity contribution in [3.8, 4) is 0 Å². The summed E-state index contributed by atoms with van der Waals surface area (Å²) in [6.45, 7) is 6.31. The fraction of sp³-hybridized carbons (Fsp3) is 0.917. The standard InChI is InChI=1S/C12H24N2O2/c1-10(2)11(9-15)13-8-12(16)14-6-4-3-5-7-14/h10-11,13,15H,3-9H2,1-2H3. The van der Waals surface area contributed by atoms with Gasteiger partial charge in [-0.3, -0.25) is 4.79 Å². The number of aliphatic hydroxyl groups is 1. The highest BCUT2D eigenvalue weighted by atomic mass is 16.3. The molecule has 0 aliphatic carbocycles. The summed E-state index contributed by atoms with van der Waals surface area (Å²) >= 11 is 0. The third-order valence-electron chi connectivity index (χ3n) is 3.23. The fourth-order valence-corrected chi connectivity index (χ4v) is 1.98. The zero-order valence-electron chi connectivity index (χ0n) is 10.4. The quantitative estimate of drug-likeness (QED) is 0.725. The van der Waals surface area contributed by atoms with Crippen molar-refractivity contribution in [1.29, 1.82) is 0 Å². The van der Waals surface area contributed by atoms with E-state index >= 15 is 0 Å². The van der Waals surface area contributed by atoms with Gasteiger partial charge in [-0.1, -0.05) is 13.8 Å². The number of hydrogen-bond acceptors (Lipinski definition) is 3. The first-order valence-corrected chi connectivity index (χ1v) is 6.27. The maximum absolute atomic E-state index is 11.8. The molecule has 1 aliphatic rings. The molecule has 1 unspecified atom stereocenters. The van der Waals surface area contributed by atoms with Gasteiger partial charge >= 0.3 is 0 Å². The highest BCUT2D eigenvalue weighted by molar-refractivity contribution is 5.78. The molecule has 0 saturated carbocycles. The number of nitrogens with one attached hydrogen (secondary N) is 1. The predicted octanol–water partition coefficient (Wildman–Crippen LogP) is 0.605. The Kier molecular flexibility index (Phi) is 5.77. The van der Waals surface area contributed by atoms with Gasteiger partial charge in [0.1, 0.15) is 0 Å². The minimum atomic E-state index is 0.0220. The SMILES string of the molecule is CC(C)C(CO)NCC(=O)N1CCCCC1. The Morgan fingerprint density at radius 1 is 1.31 bits per heavy atom. The lowest BCUT2D eigenvalue weighted by Gasteiger charge is -2.28. The summed E-state index contributed by atoms with van der Waals surface area (Å²) in [7, 11) is 0. The van der Waals surface area contributed by atoms with Gasteiger partial charge in [0.05, 0.1) is 13.2 Å². The van der Waals surface area contributed by atoms with Crippen LogP contribution in [0.1, 0.15) is 33.1 Å². The number of carbonyl (C=O) groups excluding carboxylic acids is 1. The Morgan fingerprint density at radius 3 is 2.44 bits per heavy atom. The van der Waals surface area contributed by atoms with Gasteiger partial charge in [0.2, 0.25) is 5.91 Å². The van der Waals surface area contributed by atoms with Crippen molar-refractivity contribution in [2.75, 3.05) is 26.2 Å². The molecule has 1 heterocycles. The zero-order valence-corrected chi connectivity index (χ0v) is 10.4. The average Bonchev–Trinajstić information content (AvgIpc) is 2.30. The molecule has 1 atom stereocenters. The second-order valence-electron chi connectivity index (χ2n) is 4.86. The molecule has 0 spiro atoms. The second kappa shape index (κ2) is 6.86. The van der Waals surface area contributed by atoms with Crippen LogP contribution >= 0.6 is 0 Å². The molecule has 1 aliphatic heterocycles. The van der Waals surface area contributed by atoms with E-state index in [2.05, 4.69) is 5.32 Å². The van der Waals surface area contributed by atoms with Gasteiger partial charge in [0.15, 0.2) is 0 Å². The van der Waals surface area contributed by atoms with E-state index in [0.29, 0.717) is 12.5 Å². The van der Waals surface area contributed by atoms with Gasteiger partial charge in [-0.15, -0.1) is 0 Å². The molecule has 1 amide bonds. The van der Waals surface area contributed by atoms with Crippen LogP contribution in [0, 0.1) is 5.92 Å². The van der Waals surface area contributed by atoms with E-state index in [-0.39, 0.29) is 18.6 Å². The first-order valence-electron chi connectivity index (χ1n) is 6.27. The zero-order chi connectivity index (χ0) is 12.0. The monoisotopic (exact) mass is 228 g/mol. The molecule has 4 heteroatoms. The molecular formula is C12H24N2O2. The molecule has 94 valence electrons. The molecule has 2 N–H and O–H groups in total. The van der Waals surface area contributed by atoms with Gasteiger partial charge in [-0.25, -0.2) is 0 Å². The van der Waals surface area contributed by atoms with Gasteiger partial charge in [-0.05, 0) is 25.2 Å². The number of carbonyl (C=O) groups is 1. The van der Waals surface area contributed by atoms with E-state index in [1.165, 1.54) is 6.42 Å². The van der Waals surface area contributed by atoms with Crippen LogP contribution in [0.2, 0.25) is 0 Å². The van der Waals surface area contributed by atoms with Crippen molar-refractivity contribution < 1.29 is 9.90 Å². The first-order chi connectivity index (χ1) is 7.65. The van der Waals surface area contributed by atoms with Crippen molar-refractivity contribution in [2.24, 2.45) is 5.92 Å². The predicted molar refractivity (Wildman–Crippen MR) is 64.1 cm³/mol. The van der Waals surface area contributed by atoms with Crippen molar-refractivity contribution in [2.45, 2.75) is 39.2 Å². The number of amides is 1. The summed E-state index contributed by atoms with van der Waals surface area (Å²) in [6.07, 6.45) is 3.49. The van der Waals surface area contributed by atoms with E-state index in [9.17, 15) is 4.79 Å². The number of rotatable bonds is 5. The Balaban J connectivity index is 2.27. The number of hydrogen-bond donors (Lipinski definition) is 2. The minimum absolute atomic E-state index is 0.0220. The summed E-state index contributed by atoms with van der Waals surface area (Å²) in [5.74, 6) is 0.512. The third-order valence-corrected chi connectivity index (χ3v) is 3.23. The van der Waals surface area contributed by atoms with Gasteiger partial charge < -0.3 is 15.3 Å². The summed E-state index contributed by atoms with van der Waals surface area (Å²) in [4.78, 5) is 13.7. The van der Waals surface area contributed by atoms with Crippen LogP contribution in [0.15, 0.2) is 0 Å². The molecule has 0 bridgehead atoms. The summed E-state index contributed by atoms with van der Waals surface area (Å²) < 4.78 is 0. The molecule has 1 saturated heterocycles. The molecule has 16 heavy (non-hydrogen) atoms. The normalized spacial score (nSPS) is 18.9. The van der Waals surface area contributed by atoms with Crippen LogP contribution in [0.5, 0.6) is 0 Å². The molecule has 0 aromatic rings. The van der Waals surface area contributed by atoms with Crippen LogP contribution in [0.3, 0.4) is 0 Å². The molecular weight excluding hydrogens is 204 g/mol.